The van der Waals surface area contributed by atoms with Crippen LogP contribution in [0.3, 0.4) is 0 Å². The predicted octanol–water partition coefficient (Wildman–Crippen LogP) is 3.30. The number of rotatable bonds is 2. The van der Waals surface area contributed by atoms with Crippen LogP contribution in [-0.4, -0.2) is 18.0 Å². The van der Waals surface area contributed by atoms with Crippen molar-refractivity contribution in [3.63, 3.8) is 0 Å². The molecule has 0 N–H and O–H groups in total. The molecular formula is C11H17NS. The number of hydrogen-bond acceptors (Lipinski definition) is 2. The Kier molecular flexibility index (Phi) is 3.01. The highest BCUT2D eigenvalue weighted by molar-refractivity contribution is 7.07. The molecule has 72 valence electrons. The van der Waals surface area contributed by atoms with Gasteiger partial charge in [-0.25, -0.2) is 0 Å². The summed E-state index contributed by atoms with van der Waals surface area (Å²) in [6, 6.07) is 2.99. The fourth-order valence-corrected chi connectivity index (χ4v) is 2.92. The lowest BCUT2D eigenvalue weighted by atomic mass is 9.97. The van der Waals surface area contributed by atoms with Gasteiger partial charge >= 0.3 is 0 Å². The molecule has 1 atom stereocenters. The fourth-order valence-electron chi connectivity index (χ4n) is 2.21. The van der Waals surface area contributed by atoms with Crippen LogP contribution in [0, 0.1) is 0 Å². The molecule has 1 aliphatic heterocycles. The summed E-state index contributed by atoms with van der Waals surface area (Å²) in [7, 11) is 0. The minimum atomic E-state index is 0.713. The Hall–Kier alpha value is -0.340. The average Bonchev–Trinajstić information content (AvgIpc) is 2.70. The molecule has 0 unspecified atom stereocenters. The molecule has 1 aromatic heterocycles. The van der Waals surface area contributed by atoms with Crippen LogP contribution in [-0.2, 0) is 0 Å². The maximum atomic E-state index is 2.60. The maximum absolute atomic E-state index is 2.60. The number of piperidine rings is 1. The van der Waals surface area contributed by atoms with Gasteiger partial charge in [-0.2, -0.15) is 11.3 Å². The van der Waals surface area contributed by atoms with Crippen molar-refractivity contribution in [2.45, 2.75) is 32.2 Å². The highest BCUT2D eigenvalue weighted by Gasteiger charge is 2.22. The monoisotopic (exact) mass is 195 g/mol. The Morgan fingerprint density at radius 2 is 2.46 bits per heavy atom. The zero-order chi connectivity index (χ0) is 9.10. The quantitative estimate of drug-likeness (QED) is 0.700. The summed E-state index contributed by atoms with van der Waals surface area (Å²) in [6.07, 6.45) is 4.13. The zero-order valence-corrected chi connectivity index (χ0v) is 9.02. The van der Waals surface area contributed by atoms with Crippen LogP contribution in [0.2, 0.25) is 0 Å². The standard InChI is InChI=1S/C11H17NS/c1-2-12-7-4-3-5-11(12)10-6-8-13-9-10/h6,8-9,11H,2-5,7H2,1H3/t11-/m0/s1. The van der Waals surface area contributed by atoms with Crippen molar-refractivity contribution in [2.24, 2.45) is 0 Å². The second-order valence-corrected chi connectivity index (χ2v) is 4.48. The molecule has 1 fully saturated rings. The van der Waals surface area contributed by atoms with Gasteiger partial charge in [-0.15, -0.1) is 0 Å². The zero-order valence-electron chi connectivity index (χ0n) is 8.20. The molecule has 0 aliphatic carbocycles. The second-order valence-electron chi connectivity index (χ2n) is 3.70. The molecule has 1 aliphatic rings. The first kappa shape index (κ1) is 9.22. The average molecular weight is 195 g/mol. The van der Waals surface area contributed by atoms with Crippen LogP contribution in [0.4, 0.5) is 0 Å². The first-order chi connectivity index (χ1) is 6.42. The third-order valence-electron chi connectivity index (χ3n) is 2.95. The number of nitrogens with zero attached hydrogens (tertiary/aromatic N) is 1. The Morgan fingerprint density at radius 1 is 1.54 bits per heavy atom. The largest absolute Gasteiger partial charge is 0.297 e. The van der Waals surface area contributed by atoms with E-state index in [2.05, 4.69) is 28.7 Å². The number of hydrogen-bond donors (Lipinski definition) is 0. The molecule has 0 amide bonds. The van der Waals surface area contributed by atoms with Gasteiger partial charge in [0, 0.05) is 6.04 Å². The lowest BCUT2D eigenvalue weighted by molar-refractivity contribution is 0.157. The maximum Gasteiger partial charge on any atom is 0.0356 e. The van der Waals surface area contributed by atoms with Crippen LogP contribution in [0.15, 0.2) is 16.8 Å². The van der Waals surface area contributed by atoms with E-state index >= 15 is 0 Å². The molecule has 2 heterocycles. The predicted molar refractivity (Wildman–Crippen MR) is 58.2 cm³/mol. The normalized spacial score (nSPS) is 24.8. The number of likely N-dealkylation sites (tertiary alicyclic amines) is 1. The minimum Gasteiger partial charge on any atom is -0.297 e. The van der Waals surface area contributed by atoms with Crippen molar-refractivity contribution in [3.8, 4) is 0 Å². The first-order valence-electron chi connectivity index (χ1n) is 5.18. The van der Waals surface area contributed by atoms with Gasteiger partial charge in [0.15, 0.2) is 0 Å². The summed E-state index contributed by atoms with van der Waals surface area (Å²) in [6.45, 7) is 4.75. The molecule has 0 bridgehead atoms. The molecule has 1 nitrogen and oxygen atoms in total. The molecular weight excluding hydrogens is 178 g/mol. The van der Waals surface area contributed by atoms with Gasteiger partial charge in [0.2, 0.25) is 0 Å². The van der Waals surface area contributed by atoms with E-state index in [1.807, 2.05) is 11.3 Å². The van der Waals surface area contributed by atoms with Gasteiger partial charge in [0.05, 0.1) is 0 Å². The first-order valence-corrected chi connectivity index (χ1v) is 6.12. The molecule has 2 rings (SSSR count). The fraction of sp³-hybridized carbons (Fsp3) is 0.636. The van der Waals surface area contributed by atoms with Crippen LogP contribution in [0.5, 0.6) is 0 Å². The Morgan fingerprint density at radius 3 is 3.15 bits per heavy atom. The van der Waals surface area contributed by atoms with Crippen LogP contribution >= 0.6 is 11.3 Å². The number of thiophene rings is 1. The van der Waals surface area contributed by atoms with Gasteiger partial charge in [-0.05, 0) is 48.3 Å². The Balaban J connectivity index is 2.11. The van der Waals surface area contributed by atoms with Crippen LogP contribution in [0.25, 0.3) is 0 Å². The van der Waals surface area contributed by atoms with E-state index < -0.39 is 0 Å². The van der Waals surface area contributed by atoms with Gasteiger partial charge in [-0.1, -0.05) is 13.3 Å². The highest BCUT2D eigenvalue weighted by atomic mass is 32.1. The summed E-state index contributed by atoms with van der Waals surface area (Å²) < 4.78 is 0. The summed E-state index contributed by atoms with van der Waals surface area (Å²) in [4.78, 5) is 2.60. The summed E-state index contributed by atoms with van der Waals surface area (Å²) in [5.41, 5.74) is 1.53. The molecule has 13 heavy (non-hydrogen) atoms. The molecule has 2 heteroatoms. The topological polar surface area (TPSA) is 3.24 Å². The van der Waals surface area contributed by atoms with Crippen LogP contribution in [0.1, 0.15) is 37.8 Å². The van der Waals surface area contributed by atoms with E-state index in [-0.39, 0.29) is 0 Å². The van der Waals surface area contributed by atoms with Gasteiger partial charge < -0.3 is 0 Å². The van der Waals surface area contributed by atoms with Gasteiger partial charge in [-0.3, -0.25) is 4.90 Å². The van der Waals surface area contributed by atoms with E-state index in [0.717, 1.165) is 0 Å². The van der Waals surface area contributed by atoms with Crippen molar-refractivity contribution in [1.82, 2.24) is 4.90 Å². The highest BCUT2D eigenvalue weighted by Crippen LogP contribution is 2.31. The lowest BCUT2D eigenvalue weighted by Gasteiger charge is -2.34. The Labute approximate surface area is 84.4 Å². The van der Waals surface area contributed by atoms with E-state index in [4.69, 9.17) is 0 Å². The van der Waals surface area contributed by atoms with Gasteiger partial charge in [0.1, 0.15) is 0 Å². The van der Waals surface area contributed by atoms with E-state index in [9.17, 15) is 0 Å². The third kappa shape index (κ3) is 1.94. The molecule has 0 aromatic carbocycles. The van der Waals surface area contributed by atoms with Crippen molar-refractivity contribution in [2.75, 3.05) is 13.1 Å². The van der Waals surface area contributed by atoms with Gasteiger partial charge in [0.25, 0.3) is 0 Å². The molecule has 1 aromatic rings. The van der Waals surface area contributed by atoms with E-state index in [1.54, 1.807) is 0 Å². The summed E-state index contributed by atoms with van der Waals surface area (Å²) >= 11 is 1.82. The summed E-state index contributed by atoms with van der Waals surface area (Å²) in [5.74, 6) is 0. The molecule has 0 spiro atoms. The molecule has 0 saturated carbocycles. The molecule has 1 saturated heterocycles. The van der Waals surface area contributed by atoms with Crippen molar-refractivity contribution >= 4 is 11.3 Å². The van der Waals surface area contributed by atoms with Crippen molar-refractivity contribution in [1.29, 1.82) is 0 Å². The van der Waals surface area contributed by atoms with Crippen molar-refractivity contribution < 1.29 is 0 Å². The summed E-state index contributed by atoms with van der Waals surface area (Å²) in [5, 5.41) is 4.50. The minimum absolute atomic E-state index is 0.713. The second kappa shape index (κ2) is 4.25. The molecule has 0 radical (unpaired) electrons. The van der Waals surface area contributed by atoms with E-state index in [0.29, 0.717) is 6.04 Å². The third-order valence-corrected chi connectivity index (χ3v) is 3.65. The lowest BCUT2D eigenvalue weighted by Crippen LogP contribution is -2.32. The van der Waals surface area contributed by atoms with E-state index in [1.165, 1.54) is 37.9 Å². The SMILES string of the molecule is CCN1CCCC[C@H]1c1ccsc1. The Bertz CT molecular complexity index is 243. The van der Waals surface area contributed by atoms with Crippen molar-refractivity contribution in [3.05, 3.63) is 22.4 Å². The smallest absolute Gasteiger partial charge is 0.0356 e. The van der Waals surface area contributed by atoms with Crippen LogP contribution < -0.4 is 0 Å².